The summed E-state index contributed by atoms with van der Waals surface area (Å²) in [6.07, 6.45) is 1.45. The average molecular weight is 561 g/mol. The summed E-state index contributed by atoms with van der Waals surface area (Å²) in [4.78, 5) is 45.5. The molecule has 2 aliphatic rings. The van der Waals surface area contributed by atoms with Gasteiger partial charge in [-0.2, -0.15) is 0 Å². The summed E-state index contributed by atoms with van der Waals surface area (Å²) in [7, 11) is 0. The summed E-state index contributed by atoms with van der Waals surface area (Å²) in [5, 5.41) is 11.6. The van der Waals surface area contributed by atoms with Gasteiger partial charge in [-0.05, 0) is 42.2 Å². The lowest BCUT2D eigenvalue weighted by molar-refractivity contribution is -0.132. The largest absolute Gasteiger partial charge is 0.507 e. The van der Waals surface area contributed by atoms with Crippen molar-refractivity contribution in [3.63, 3.8) is 0 Å². The molecule has 206 valence electrons. The van der Waals surface area contributed by atoms with Crippen LogP contribution in [0.2, 0.25) is 0 Å². The van der Waals surface area contributed by atoms with Crippen LogP contribution < -0.4 is 14.4 Å². The van der Waals surface area contributed by atoms with Crippen molar-refractivity contribution >= 4 is 39.9 Å². The van der Waals surface area contributed by atoms with Gasteiger partial charge < -0.3 is 19.3 Å². The molecule has 40 heavy (non-hydrogen) atoms. The predicted octanol–water partition coefficient (Wildman–Crippen LogP) is 5.32. The first-order chi connectivity index (χ1) is 19.2. The van der Waals surface area contributed by atoms with Crippen LogP contribution in [0.1, 0.15) is 57.9 Å². The number of aliphatic hydroxyl groups excluding tert-OH is 1. The van der Waals surface area contributed by atoms with Crippen LogP contribution in [0.4, 0.5) is 5.13 Å². The molecule has 1 saturated heterocycles. The third-order valence-corrected chi connectivity index (χ3v) is 7.82. The van der Waals surface area contributed by atoms with E-state index in [4.69, 9.17) is 14.2 Å². The zero-order valence-electron chi connectivity index (χ0n) is 22.3. The second kappa shape index (κ2) is 11.0. The molecule has 0 radical (unpaired) electrons. The van der Waals surface area contributed by atoms with Gasteiger partial charge in [0.25, 0.3) is 5.78 Å². The topological polar surface area (TPSA) is 115 Å². The van der Waals surface area contributed by atoms with E-state index in [1.165, 1.54) is 11.0 Å². The molecular formula is C30H28N2O7S. The van der Waals surface area contributed by atoms with Crippen molar-refractivity contribution in [2.24, 2.45) is 0 Å². The van der Waals surface area contributed by atoms with Gasteiger partial charge in [0.15, 0.2) is 16.6 Å². The first-order valence-electron chi connectivity index (χ1n) is 12.8. The first kappa shape index (κ1) is 27.1. The van der Waals surface area contributed by atoms with Crippen molar-refractivity contribution in [2.75, 3.05) is 24.7 Å². The number of aromatic nitrogens is 1. The smallest absolute Gasteiger partial charge is 0.350 e. The van der Waals surface area contributed by atoms with Gasteiger partial charge in [-0.15, -0.1) is 0 Å². The van der Waals surface area contributed by atoms with Crippen LogP contribution in [0, 0.1) is 6.92 Å². The lowest BCUT2D eigenvalue weighted by atomic mass is 9.93. The average Bonchev–Trinajstić information content (AvgIpc) is 3.47. The van der Waals surface area contributed by atoms with E-state index < -0.39 is 23.7 Å². The maximum absolute atomic E-state index is 13.5. The Morgan fingerprint density at radius 1 is 1.18 bits per heavy atom. The maximum atomic E-state index is 13.5. The number of ether oxygens (including phenoxy) is 3. The molecule has 3 aromatic rings. The summed E-state index contributed by atoms with van der Waals surface area (Å²) in [5.74, 6) is -1.46. The molecule has 9 nitrogen and oxygen atoms in total. The van der Waals surface area contributed by atoms with E-state index in [9.17, 15) is 19.5 Å². The van der Waals surface area contributed by atoms with E-state index in [2.05, 4.69) is 25.4 Å². The van der Waals surface area contributed by atoms with Crippen LogP contribution in [-0.2, 0) is 14.3 Å². The molecule has 10 heteroatoms. The van der Waals surface area contributed by atoms with Gasteiger partial charge in [0.1, 0.15) is 30.5 Å². The zero-order valence-corrected chi connectivity index (χ0v) is 23.1. The number of amides is 1. The Labute approximate surface area is 235 Å². The van der Waals surface area contributed by atoms with Crippen molar-refractivity contribution < 1.29 is 33.7 Å². The van der Waals surface area contributed by atoms with Crippen molar-refractivity contribution in [1.29, 1.82) is 0 Å². The fourth-order valence-corrected chi connectivity index (χ4v) is 5.62. The summed E-state index contributed by atoms with van der Waals surface area (Å²) in [6.45, 7) is 10.1. The van der Waals surface area contributed by atoms with Crippen molar-refractivity contribution in [2.45, 2.75) is 32.7 Å². The molecule has 1 unspecified atom stereocenters. The summed E-state index contributed by atoms with van der Waals surface area (Å²) in [5.41, 5.74) is 2.24. The molecule has 1 N–H and O–H groups in total. The number of hydrogen-bond donors (Lipinski definition) is 1. The van der Waals surface area contributed by atoms with Crippen LogP contribution in [0.3, 0.4) is 0 Å². The van der Waals surface area contributed by atoms with Gasteiger partial charge in [-0.25, -0.2) is 9.78 Å². The quantitative estimate of drug-likeness (QED) is 0.136. The number of aryl methyl sites for hydroxylation is 1. The summed E-state index contributed by atoms with van der Waals surface area (Å²) >= 11 is 0.948. The van der Waals surface area contributed by atoms with E-state index in [1.54, 1.807) is 25.1 Å². The molecule has 0 aliphatic carbocycles. The number of aliphatic hydroxyl groups is 1. The molecule has 0 bridgehead atoms. The fraction of sp³-hybridized carbons (Fsp3) is 0.267. The van der Waals surface area contributed by atoms with Crippen LogP contribution in [-0.4, -0.2) is 47.6 Å². The molecule has 0 saturated carbocycles. The number of ketones is 1. The van der Waals surface area contributed by atoms with E-state index >= 15 is 0 Å². The molecule has 1 amide bonds. The second-order valence-electron chi connectivity index (χ2n) is 9.65. The van der Waals surface area contributed by atoms with Crippen molar-refractivity contribution in [1.82, 2.24) is 4.98 Å². The first-order valence-corrected chi connectivity index (χ1v) is 13.6. The normalized spacial score (nSPS) is 17.8. The Balaban J connectivity index is 1.65. The molecular weight excluding hydrogens is 532 g/mol. The lowest BCUT2D eigenvalue weighted by Crippen LogP contribution is -2.29. The number of benzene rings is 2. The van der Waals surface area contributed by atoms with E-state index in [-0.39, 0.29) is 33.9 Å². The number of carbonyl (C=O) groups excluding carboxylic acids is 3. The van der Waals surface area contributed by atoms with E-state index in [0.717, 1.165) is 16.9 Å². The Morgan fingerprint density at radius 3 is 2.55 bits per heavy atom. The number of fused-ring (bicyclic) bond motifs is 1. The molecule has 5 rings (SSSR count). The maximum Gasteiger partial charge on any atom is 0.350 e. The molecule has 0 spiro atoms. The number of rotatable bonds is 7. The number of nitrogens with zero attached hydrogens (tertiary/aromatic N) is 2. The SMILES string of the molecule is C=CCOC(=O)c1sc(N2C(=O)C(=O)/C(=C(/O)c3ccc4c(c3)OCCO4)C2c2ccc(C(C)C)cc2)nc1C. The van der Waals surface area contributed by atoms with Gasteiger partial charge in [-0.1, -0.05) is 62.1 Å². The summed E-state index contributed by atoms with van der Waals surface area (Å²) in [6, 6.07) is 11.4. The third kappa shape index (κ3) is 4.86. The van der Waals surface area contributed by atoms with Crippen LogP contribution in [0.25, 0.3) is 5.76 Å². The minimum atomic E-state index is -0.989. The Hall–Kier alpha value is -4.44. The van der Waals surface area contributed by atoms with Crippen LogP contribution >= 0.6 is 11.3 Å². The number of carbonyl (C=O) groups is 3. The molecule has 1 aromatic heterocycles. The Bertz CT molecular complexity index is 1540. The number of anilines is 1. The van der Waals surface area contributed by atoms with Gasteiger partial charge in [-0.3, -0.25) is 14.5 Å². The second-order valence-corrected chi connectivity index (χ2v) is 10.6. The van der Waals surface area contributed by atoms with Crippen molar-refractivity contribution in [3.05, 3.63) is 88.0 Å². The highest BCUT2D eigenvalue weighted by Crippen LogP contribution is 2.45. The van der Waals surface area contributed by atoms with E-state index in [1.807, 2.05) is 24.3 Å². The highest BCUT2D eigenvalue weighted by molar-refractivity contribution is 7.17. The standard InChI is InChI=1S/C30H28N2O7S/c1-5-12-39-29(36)27-17(4)31-30(40-27)32-24(19-8-6-18(7-9-19)16(2)3)23(26(34)28(32)35)25(33)20-10-11-21-22(15-20)38-14-13-37-21/h5-11,15-16,24,33H,1,12-14H2,2-4H3/b25-23+. The van der Waals surface area contributed by atoms with Crippen LogP contribution in [0.15, 0.2) is 60.7 Å². The van der Waals surface area contributed by atoms with Gasteiger partial charge >= 0.3 is 11.9 Å². The molecule has 1 fully saturated rings. The van der Waals surface area contributed by atoms with Crippen molar-refractivity contribution in [3.8, 4) is 11.5 Å². The monoisotopic (exact) mass is 560 g/mol. The van der Waals surface area contributed by atoms with Crippen LogP contribution in [0.5, 0.6) is 11.5 Å². The number of Topliss-reactive ketones (excluding diaryl/α,β-unsaturated/α-hetero) is 1. The summed E-state index contributed by atoms with van der Waals surface area (Å²) < 4.78 is 16.4. The lowest BCUT2D eigenvalue weighted by Gasteiger charge is -2.24. The third-order valence-electron chi connectivity index (χ3n) is 6.69. The minimum absolute atomic E-state index is 0.0216. The van der Waals surface area contributed by atoms with Gasteiger partial charge in [0.05, 0.1) is 17.3 Å². The molecule has 2 aliphatic heterocycles. The minimum Gasteiger partial charge on any atom is -0.507 e. The fourth-order valence-electron chi connectivity index (χ4n) is 4.63. The number of hydrogen-bond acceptors (Lipinski definition) is 9. The van der Waals surface area contributed by atoms with Gasteiger partial charge in [0.2, 0.25) is 0 Å². The molecule has 1 atom stereocenters. The van der Waals surface area contributed by atoms with Gasteiger partial charge in [0, 0.05) is 5.56 Å². The highest BCUT2D eigenvalue weighted by atomic mass is 32.1. The zero-order chi connectivity index (χ0) is 28.6. The molecule has 2 aromatic carbocycles. The predicted molar refractivity (Wildman–Crippen MR) is 150 cm³/mol. The Morgan fingerprint density at radius 2 is 1.88 bits per heavy atom. The number of thiazole rings is 1. The van der Waals surface area contributed by atoms with E-state index in [0.29, 0.717) is 41.5 Å². The molecule has 3 heterocycles. The Kier molecular flexibility index (Phi) is 7.44. The number of esters is 1. The highest BCUT2D eigenvalue weighted by Gasteiger charge is 2.48.